The molecule has 0 unspecified atom stereocenters. The molecule has 2 aromatic rings. The Kier molecular flexibility index (Phi) is 3.84. The first-order valence-electron chi connectivity index (χ1n) is 6.08. The Morgan fingerprint density at radius 3 is 2.50 bits per heavy atom. The number of nitrogens with one attached hydrogen (secondary N) is 1. The van der Waals surface area contributed by atoms with E-state index in [2.05, 4.69) is 9.97 Å². The van der Waals surface area contributed by atoms with Crippen LogP contribution in [-0.4, -0.2) is 21.0 Å². The molecular weight excluding hydrogens is 260 g/mol. The van der Waals surface area contributed by atoms with Gasteiger partial charge in [-0.25, -0.2) is 4.79 Å². The molecule has 0 amide bonds. The average Bonchev–Trinajstić information content (AvgIpc) is 2.38. The van der Waals surface area contributed by atoms with Gasteiger partial charge in [-0.2, -0.15) is 4.98 Å². The lowest BCUT2D eigenvalue weighted by Gasteiger charge is -2.08. The topological polar surface area (TPSA) is 92.3 Å². The van der Waals surface area contributed by atoms with Crippen LogP contribution in [0, 0.1) is 0 Å². The van der Waals surface area contributed by atoms with Gasteiger partial charge in [0, 0.05) is 5.92 Å². The highest BCUT2D eigenvalue weighted by molar-refractivity contribution is 5.87. The van der Waals surface area contributed by atoms with Crippen LogP contribution in [0.2, 0.25) is 0 Å². The molecule has 0 aliphatic heterocycles. The van der Waals surface area contributed by atoms with E-state index < -0.39 is 5.97 Å². The zero-order chi connectivity index (χ0) is 14.7. The Morgan fingerprint density at radius 1 is 1.30 bits per heavy atom. The van der Waals surface area contributed by atoms with Crippen LogP contribution < -0.4 is 10.3 Å². The summed E-state index contributed by atoms with van der Waals surface area (Å²) in [5, 5.41) is 8.80. The quantitative estimate of drug-likeness (QED) is 0.893. The van der Waals surface area contributed by atoms with Gasteiger partial charge in [-0.1, -0.05) is 13.8 Å². The van der Waals surface area contributed by atoms with Crippen molar-refractivity contribution in [3.8, 4) is 11.6 Å². The first-order valence-corrected chi connectivity index (χ1v) is 6.08. The highest BCUT2D eigenvalue weighted by atomic mass is 16.5. The number of aromatic amines is 1. The van der Waals surface area contributed by atoms with Gasteiger partial charge in [-0.05, 0) is 24.3 Å². The van der Waals surface area contributed by atoms with E-state index in [9.17, 15) is 9.59 Å². The Hall–Kier alpha value is -2.63. The molecule has 1 aromatic heterocycles. The van der Waals surface area contributed by atoms with E-state index in [1.165, 1.54) is 30.3 Å². The van der Waals surface area contributed by atoms with E-state index in [4.69, 9.17) is 9.84 Å². The summed E-state index contributed by atoms with van der Waals surface area (Å²) >= 11 is 0. The van der Waals surface area contributed by atoms with Gasteiger partial charge >= 0.3 is 5.97 Å². The third-order valence-corrected chi connectivity index (χ3v) is 2.61. The number of benzene rings is 1. The predicted octanol–water partition coefficient (Wildman–Crippen LogP) is 2.38. The number of nitrogens with zero attached hydrogens (tertiary/aromatic N) is 1. The number of carboxylic acid groups (broad SMARTS) is 1. The van der Waals surface area contributed by atoms with Crippen LogP contribution in [-0.2, 0) is 0 Å². The number of hydrogen-bond acceptors (Lipinski definition) is 4. The van der Waals surface area contributed by atoms with Gasteiger partial charge in [0.2, 0.25) is 5.88 Å². The van der Waals surface area contributed by atoms with Gasteiger partial charge in [-0.15, -0.1) is 0 Å². The molecule has 0 fully saturated rings. The van der Waals surface area contributed by atoms with E-state index in [-0.39, 0.29) is 22.9 Å². The number of carbonyl (C=O) groups is 1. The van der Waals surface area contributed by atoms with Gasteiger partial charge in [0.15, 0.2) is 0 Å². The maximum absolute atomic E-state index is 11.5. The van der Waals surface area contributed by atoms with E-state index in [0.29, 0.717) is 11.6 Å². The first-order chi connectivity index (χ1) is 9.45. The minimum Gasteiger partial charge on any atom is -0.478 e. The smallest absolute Gasteiger partial charge is 0.335 e. The van der Waals surface area contributed by atoms with Crippen LogP contribution >= 0.6 is 0 Å². The molecular formula is C14H14N2O4. The van der Waals surface area contributed by atoms with Gasteiger partial charge in [0.25, 0.3) is 5.56 Å². The minimum atomic E-state index is -1.01. The minimum absolute atomic E-state index is 0.0700. The molecule has 1 heterocycles. The number of carboxylic acids is 1. The van der Waals surface area contributed by atoms with Crippen molar-refractivity contribution in [1.82, 2.24) is 9.97 Å². The Bertz CT molecular complexity index is 674. The second kappa shape index (κ2) is 5.56. The van der Waals surface area contributed by atoms with Crippen molar-refractivity contribution in [1.29, 1.82) is 0 Å². The summed E-state index contributed by atoms with van der Waals surface area (Å²) in [5.74, 6) is 0.201. The fourth-order valence-corrected chi connectivity index (χ4v) is 1.57. The number of ether oxygens (including phenoxy) is 1. The van der Waals surface area contributed by atoms with Crippen LogP contribution in [0.15, 0.2) is 35.1 Å². The lowest BCUT2D eigenvalue weighted by atomic mass is 10.2. The van der Waals surface area contributed by atoms with Crippen LogP contribution in [0.25, 0.3) is 0 Å². The van der Waals surface area contributed by atoms with Gasteiger partial charge < -0.3 is 14.8 Å². The SMILES string of the molecule is CC(C)c1nc(Oc2ccc(C(=O)O)cc2)cc(=O)[nH]1. The lowest BCUT2D eigenvalue weighted by Crippen LogP contribution is -2.11. The first kappa shape index (κ1) is 13.8. The molecule has 0 saturated carbocycles. The third kappa shape index (κ3) is 3.23. The van der Waals surface area contributed by atoms with Crippen molar-refractivity contribution in [2.45, 2.75) is 19.8 Å². The average molecular weight is 274 g/mol. The summed E-state index contributed by atoms with van der Waals surface area (Å²) < 4.78 is 5.46. The summed E-state index contributed by atoms with van der Waals surface area (Å²) in [6, 6.07) is 7.13. The monoisotopic (exact) mass is 274 g/mol. The predicted molar refractivity (Wildman–Crippen MR) is 72.4 cm³/mol. The number of H-pyrrole nitrogens is 1. The van der Waals surface area contributed by atoms with Crippen LogP contribution in [0.3, 0.4) is 0 Å². The normalized spacial score (nSPS) is 10.6. The molecule has 6 heteroatoms. The number of rotatable bonds is 4. The van der Waals surface area contributed by atoms with Crippen molar-refractivity contribution in [2.24, 2.45) is 0 Å². The fourth-order valence-electron chi connectivity index (χ4n) is 1.57. The van der Waals surface area contributed by atoms with Crippen molar-refractivity contribution >= 4 is 5.97 Å². The highest BCUT2D eigenvalue weighted by Crippen LogP contribution is 2.20. The maximum atomic E-state index is 11.5. The summed E-state index contributed by atoms with van der Waals surface area (Å²) in [5.41, 5.74) is -0.125. The fraction of sp³-hybridized carbons (Fsp3) is 0.214. The second-order valence-electron chi connectivity index (χ2n) is 4.56. The molecule has 0 bridgehead atoms. The molecule has 104 valence electrons. The molecule has 20 heavy (non-hydrogen) atoms. The Balaban J connectivity index is 2.25. The summed E-state index contributed by atoms with van der Waals surface area (Å²) in [6.07, 6.45) is 0. The molecule has 0 aliphatic carbocycles. The van der Waals surface area contributed by atoms with Gasteiger partial charge in [0.1, 0.15) is 11.6 Å². The van der Waals surface area contributed by atoms with Crippen molar-refractivity contribution in [2.75, 3.05) is 0 Å². The van der Waals surface area contributed by atoms with E-state index in [1.54, 1.807) is 0 Å². The standard InChI is InChI=1S/C14H14N2O4/c1-8(2)13-15-11(17)7-12(16-13)20-10-5-3-9(4-6-10)14(18)19/h3-8H,1-2H3,(H,18,19)(H,15,16,17). The molecule has 6 nitrogen and oxygen atoms in total. The molecule has 0 aliphatic rings. The van der Waals surface area contributed by atoms with Gasteiger partial charge in [-0.3, -0.25) is 4.79 Å². The van der Waals surface area contributed by atoms with Gasteiger partial charge in [0.05, 0.1) is 11.6 Å². The molecule has 0 atom stereocenters. The molecule has 1 aromatic carbocycles. The molecule has 0 spiro atoms. The maximum Gasteiger partial charge on any atom is 0.335 e. The summed E-state index contributed by atoms with van der Waals surface area (Å²) in [6.45, 7) is 3.81. The van der Waals surface area contributed by atoms with Crippen LogP contribution in [0.4, 0.5) is 0 Å². The zero-order valence-corrected chi connectivity index (χ0v) is 11.1. The van der Waals surface area contributed by atoms with Crippen LogP contribution in [0.5, 0.6) is 11.6 Å². The van der Waals surface area contributed by atoms with E-state index >= 15 is 0 Å². The van der Waals surface area contributed by atoms with E-state index in [0.717, 1.165) is 0 Å². The summed E-state index contributed by atoms with van der Waals surface area (Å²) in [7, 11) is 0. The number of hydrogen-bond donors (Lipinski definition) is 2. The number of aromatic nitrogens is 2. The highest BCUT2D eigenvalue weighted by Gasteiger charge is 2.08. The molecule has 2 rings (SSSR count). The Morgan fingerprint density at radius 2 is 1.95 bits per heavy atom. The molecule has 0 saturated heterocycles. The van der Waals surface area contributed by atoms with Crippen molar-refractivity contribution < 1.29 is 14.6 Å². The molecule has 0 radical (unpaired) electrons. The second-order valence-corrected chi connectivity index (χ2v) is 4.56. The van der Waals surface area contributed by atoms with Crippen molar-refractivity contribution in [3.05, 3.63) is 52.1 Å². The van der Waals surface area contributed by atoms with E-state index in [1.807, 2.05) is 13.8 Å². The third-order valence-electron chi connectivity index (χ3n) is 2.61. The largest absolute Gasteiger partial charge is 0.478 e. The number of aromatic carboxylic acids is 1. The lowest BCUT2D eigenvalue weighted by molar-refractivity contribution is 0.0697. The molecule has 2 N–H and O–H groups in total. The zero-order valence-electron chi connectivity index (χ0n) is 11.1. The Labute approximate surface area is 115 Å². The van der Waals surface area contributed by atoms with Crippen molar-refractivity contribution in [3.63, 3.8) is 0 Å². The summed E-state index contributed by atoms with van der Waals surface area (Å²) in [4.78, 5) is 29.1. The van der Waals surface area contributed by atoms with Crippen LogP contribution in [0.1, 0.15) is 35.9 Å².